The van der Waals surface area contributed by atoms with Crippen molar-refractivity contribution in [1.82, 2.24) is 0 Å². The third-order valence-corrected chi connectivity index (χ3v) is 5.73. The Balaban J connectivity index is 1.65. The fraction of sp³-hybridized carbons (Fsp3) is 0.143. The highest BCUT2D eigenvalue weighted by Crippen LogP contribution is 2.39. The van der Waals surface area contributed by atoms with Gasteiger partial charge in [-0.15, -0.1) is 0 Å². The molecule has 0 saturated heterocycles. The van der Waals surface area contributed by atoms with E-state index in [4.69, 9.17) is 0 Å². The van der Waals surface area contributed by atoms with Crippen LogP contribution in [0.1, 0.15) is 24.5 Å². The average Bonchev–Trinajstić information content (AvgIpc) is 2.85. The van der Waals surface area contributed by atoms with Gasteiger partial charge in [0.05, 0.1) is 0 Å². The average molecular weight is 540 g/mol. The molecule has 0 amide bonds. The minimum absolute atomic E-state index is 0.0577. The van der Waals surface area contributed by atoms with Crippen LogP contribution in [0.3, 0.4) is 0 Å². The van der Waals surface area contributed by atoms with Gasteiger partial charge in [-0.3, -0.25) is 0 Å². The Kier molecular flexibility index (Phi) is 7.44. The minimum Gasteiger partial charge on any atom is -0.429 e. The monoisotopic (exact) mass is 540 g/mol. The zero-order valence-electron chi connectivity index (χ0n) is 19.5. The molecule has 0 N–H and O–H groups in total. The van der Waals surface area contributed by atoms with Crippen LogP contribution in [0.5, 0.6) is 5.75 Å². The van der Waals surface area contributed by atoms with Gasteiger partial charge in [-0.25, -0.2) is 30.7 Å². The maximum atomic E-state index is 14.8. The second-order valence-electron chi connectivity index (χ2n) is 8.37. The molecule has 0 aliphatic carbocycles. The van der Waals surface area contributed by atoms with Gasteiger partial charge in [0.1, 0.15) is 22.9 Å². The third kappa shape index (κ3) is 5.20. The molecule has 0 radical (unpaired) electrons. The smallest absolute Gasteiger partial charge is 0.429 e. The van der Waals surface area contributed by atoms with Gasteiger partial charge in [0.25, 0.3) is 0 Å². The number of halogens is 9. The summed E-state index contributed by atoms with van der Waals surface area (Å²) in [4.78, 5) is 0. The number of aryl methyl sites for hydroxylation is 1. The molecule has 0 aliphatic rings. The molecule has 0 fully saturated rings. The predicted octanol–water partition coefficient (Wildman–Crippen LogP) is 9.08. The Morgan fingerprint density at radius 2 is 1.24 bits per heavy atom. The van der Waals surface area contributed by atoms with E-state index >= 15 is 0 Å². The molecule has 4 aromatic rings. The van der Waals surface area contributed by atoms with Crippen molar-refractivity contribution in [2.75, 3.05) is 0 Å². The summed E-state index contributed by atoms with van der Waals surface area (Å²) in [6.07, 6.45) is -3.25. The maximum Gasteiger partial charge on any atom is 0.432 e. The van der Waals surface area contributed by atoms with E-state index in [1.165, 1.54) is 12.1 Å². The summed E-state index contributed by atoms with van der Waals surface area (Å²) in [5.41, 5.74) is -2.62. The van der Waals surface area contributed by atoms with Crippen molar-refractivity contribution < 1.29 is 44.3 Å². The standard InChI is InChI=1S/C28H17F9O/c1-2-3-14-4-6-15(7-5-14)19-13-21(30)24(27(35)25(19)33)28(36,37)38-17-8-9-18(20(29)12-17)16-10-22(31)26(34)23(32)11-16/h4-13H,2-3H2,1H3. The maximum absolute atomic E-state index is 14.8. The predicted molar refractivity (Wildman–Crippen MR) is 122 cm³/mol. The van der Waals surface area contributed by atoms with Crippen molar-refractivity contribution in [3.8, 4) is 28.0 Å². The first-order chi connectivity index (χ1) is 17.9. The second kappa shape index (κ2) is 10.4. The molecule has 10 heteroatoms. The first kappa shape index (κ1) is 27.1. The molecule has 0 bridgehead atoms. The highest BCUT2D eigenvalue weighted by molar-refractivity contribution is 5.66. The van der Waals surface area contributed by atoms with Gasteiger partial charge in [-0.1, -0.05) is 37.6 Å². The van der Waals surface area contributed by atoms with Gasteiger partial charge in [0.15, 0.2) is 29.1 Å². The van der Waals surface area contributed by atoms with Crippen LogP contribution in [0, 0.1) is 40.7 Å². The highest BCUT2D eigenvalue weighted by atomic mass is 19.3. The molecular weight excluding hydrogens is 523 g/mol. The van der Waals surface area contributed by atoms with E-state index in [0.717, 1.165) is 24.1 Å². The molecule has 0 unspecified atom stereocenters. The van der Waals surface area contributed by atoms with Crippen molar-refractivity contribution in [2.24, 2.45) is 0 Å². The molecule has 4 aromatic carbocycles. The van der Waals surface area contributed by atoms with Crippen LogP contribution in [0.25, 0.3) is 22.3 Å². The van der Waals surface area contributed by atoms with Gasteiger partial charge >= 0.3 is 6.11 Å². The molecule has 0 heterocycles. The summed E-state index contributed by atoms with van der Waals surface area (Å²) in [5, 5.41) is 0. The molecule has 4 rings (SSSR count). The zero-order valence-corrected chi connectivity index (χ0v) is 19.5. The van der Waals surface area contributed by atoms with E-state index in [0.29, 0.717) is 30.7 Å². The fourth-order valence-corrected chi connectivity index (χ4v) is 3.92. The molecule has 38 heavy (non-hydrogen) atoms. The number of benzene rings is 4. The summed E-state index contributed by atoms with van der Waals surface area (Å²) in [6.45, 7) is 1.94. The van der Waals surface area contributed by atoms with Crippen LogP contribution >= 0.6 is 0 Å². The molecule has 1 nitrogen and oxygen atoms in total. The van der Waals surface area contributed by atoms with Crippen molar-refractivity contribution in [3.63, 3.8) is 0 Å². The molecular formula is C28H17F9O. The van der Waals surface area contributed by atoms with Crippen molar-refractivity contribution in [3.05, 3.63) is 113 Å². The fourth-order valence-electron chi connectivity index (χ4n) is 3.92. The van der Waals surface area contributed by atoms with Gasteiger partial charge in [-0.05, 0) is 53.4 Å². The number of rotatable bonds is 7. The minimum atomic E-state index is -4.79. The van der Waals surface area contributed by atoms with Crippen molar-refractivity contribution >= 4 is 0 Å². The van der Waals surface area contributed by atoms with E-state index in [2.05, 4.69) is 4.74 Å². The Labute approximate surface area is 211 Å². The summed E-state index contributed by atoms with van der Waals surface area (Å²) < 4.78 is 133. The molecule has 0 aromatic heterocycles. The van der Waals surface area contributed by atoms with Crippen LogP contribution in [-0.2, 0) is 12.5 Å². The van der Waals surface area contributed by atoms with Gasteiger partial charge in [0.2, 0.25) is 0 Å². The van der Waals surface area contributed by atoms with E-state index < -0.39 is 74.8 Å². The number of alkyl halides is 2. The van der Waals surface area contributed by atoms with Crippen LogP contribution in [0.4, 0.5) is 39.5 Å². The first-order valence-electron chi connectivity index (χ1n) is 11.2. The summed E-state index contributed by atoms with van der Waals surface area (Å²) in [6, 6.07) is 9.28. The normalized spacial score (nSPS) is 11.6. The second-order valence-corrected chi connectivity index (χ2v) is 8.37. The first-order valence-corrected chi connectivity index (χ1v) is 11.2. The van der Waals surface area contributed by atoms with Crippen LogP contribution in [-0.4, -0.2) is 0 Å². The van der Waals surface area contributed by atoms with E-state index in [1.54, 1.807) is 12.1 Å². The largest absolute Gasteiger partial charge is 0.432 e. The lowest BCUT2D eigenvalue weighted by molar-refractivity contribution is -0.189. The van der Waals surface area contributed by atoms with Gasteiger partial charge in [-0.2, -0.15) is 8.78 Å². The topological polar surface area (TPSA) is 9.23 Å². The Bertz CT molecular complexity index is 1470. The summed E-state index contributed by atoms with van der Waals surface area (Å²) in [7, 11) is 0. The van der Waals surface area contributed by atoms with Crippen LogP contribution in [0.2, 0.25) is 0 Å². The summed E-state index contributed by atoms with van der Waals surface area (Å²) in [5.74, 6) is -13.0. The third-order valence-electron chi connectivity index (χ3n) is 5.73. The number of ether oxygens (including phenoxy) is 1. The molecule has 0 spiro atoms. The van der Waals surface area contributed by atoms with Crippen molar-refractivity contribution in [1.29, 1.82) is 0 Å². The van der Waals surface area contributed by atoms with E-state index in [9.17, 15) is 39.5 Å². The van der Waals surface area contributed by atoms with Gasteiger partial charge < -0.3 is 4.74 Å². The van der Waals surface area contributed by atoms with Gasteiger partial charge in [0, 0.05) is 17.2 Å². The quantitative estimate of drug-likeness (QED) is 0.129. The molecule has 0 saturated carbocycles. The number of hydrogen-bond acceptors (Lipinski definition) is 1. The Hall–Kier alpha value is -3.95. The summed E-state index contributed by atoms with van der Waals surface area (Å²) >= 11 is 0. The lowest BCUT2D eigenvalue weighted by Gasteiger charge is -2.21. The van der Waals surface area contributed by atoms with Crippen molar-refractivity contribution in [2.45, 2.75) is 25.9 Å². The Morgan fingerprint density at radius 3 is 1.82 bits per heavy atom. The van der Waals surface area contributed by atoms with E-state index in [-0.39, 0.29) is 5.56 Å². The van der Waals surface area contributed by atoms with Crippen LogP contribution in [0.15, 0.2) is 60.7 Å². The number of hydrogen-bond donors (Lipinski definition) is 0. The highest BCUT2D eigenvalue weighted by Gasteiger charge is 2.43. The molecule has 198 valence electrons. The van der Waals surface area contributed by atoms with Crippen LogP contribution < -0.4 is 4.74 Å². The lowest BCUT2D eigenvalue weighted by atomic mass is 9.99. The molecule has 0 atom stereocenters. The lowest BCUT2D eigenvalue weighted by Crippen LogP contribution is -2.26. The SMILES string of the molecule is CCCc1ccc(-c2cc(F)c(C(F)(F)Oc3ccc(-c4cc(F)c(F)c(F)c4)c(F)c3)c(F)c2F)cc1. The zero-order chi connectivity index (χ0) is 27.8. The van der Waals surface area contributed by atoms with E-state index in [1.807, 2.05) is 6.92 Å². The molecule has 0 aliphatic heterocycles. The Morgan fingerprint density at radius 1 is 0.605 bits per heavy atom.